The van der Waals surface area contributed by atoms with Gasteiger partial charge in [-0.05, 0) is 48.9 Å². The molecule has 0 amide bonds. The van der Waals surface area contributed by atoms with Crippen LogP contribution in [-0.4, -0.2) is 90.5 Å². The molecule has 1 aliphatic rings. The summed E-state index contributed by atoms with van der Waals surface area (Å²) in [5, 5.41) is 43.8. The normalized spacial score (nSPS) is 12.7. The van der Waals surface area contributed by atoms with Gasteiger partial charge in [-0.2, -0.15) is 0 Å². The Labute approximate surface area is 246 Å². The first-order chi connectivity index (χ1) is 20.4. The molecule has 4 rings (SSSR count). The molecule has 1 aliphatic heterocycles. The molecule has 5 N–H and O–H groups in total. The van der Waals surface area contributed by atoms with Crippen LogP contribution >= 0.6 is 0 Å². The van der Waals surface area contributed by atoms with Crippen LogP contribution in [0.3, 0.4) is 0 Å². The Kier molecular flexibility index (Phi) is 11.3. The van der Waals surface area contributed by atoms with E-state index in [1.54, 1.807) is 14.0 Å². The molecule has 0 bridgehead atoms. The van der Waals surface area contributed by atoms with Crippen molar-refractivity contribution in [3.8, 4) is 28.6 Å². The van der Waals surface area contributed by atoms with E-state index in [4.69, 9.17) is 34.6 Å². The Morgan fingerprint density at radius 3 is 2.05 bits per heavy atom. The van der Waals surface area contributed by atoms with Crippen LogP contribution in [0.5, 0.6) is 17.2 Å². The third-order valence-corrected chi connectivity index (χ3v) is 6.11. The van der Waals surface area contributed by atoms with Crippen LogP contribution in [0.25, 0.3) is 11.4 Å². The van der Waals surface area contributed by atoms with Crippen LogP contribution in [0.1, 0.15) is 30.9 Å². The minimum atomic E-state index is -2.74. The number of rotatable bonds is 13. The van der Waals surface area contributed by atoms with E-state index in [2.05, 4.69) is 14.9 Å². The van der Waals surface area contributed by atoms with Crippen molar-refractivity contribution in [2.24, 2.45) is 0 Å². The Bertz CT molecular complexity index is 1380. The highest BCUT2D eigenvalue weighted by molar-refractivity contribution is 5.88. The van der Waals surface area contributed by atoms with Crippen molar-refractivity contribution in [1.82, 2.24) is 14.9 Å². The fourth-order valence-electron chi connectivity index (χ4n) is 4.15. The van der Waals surface area contributed by atoms with Crippen molar-refractivity contribution in [2.75, 3.05) is 20.4 Å². The number of fused-ring (bicyclic) bond motifs is 1. The number of hydrogen-bond acceptors (Lipinski definition) is 11. The number of hydrogen-bond donors (Lipinski definition) is 5. The Morgan fingerprint density at radius 1 is 0.930 bits per heavy atom. The number of ether oxygens (including phenoxy) is 3. The highest BCUT2D eigenvalue weighted by atomic mass is 16.7. The smallest absolute Gasteiger partial charge is 0.336 e. The highest BCUT2D eigenvalue weighted by Crippen LogP contribution is 2.33. The summed E-state index contributed by atoms with van der Waals surface area (Å²) in [5.74, 6) is -2.03. The number of carboxylic acid groups (broad SMARTS) is 3. The van der Waals surface area contributed by atoms with Gasteiger partial charge in [-0.1, -0.05) is 6.07 Å². The van der Waals surface area contributed by atoms with Gasteiger partial charge in [0.2, 0.25) is 6.79 Å². The molecule has 14 nitrogen and oxygen atoms in total. The molecule has 0 saturated carbocycles. The summed E-state index contributed by atoms with van der Waals surface area (Å²) in [6.07, 6.45) is 0.935. The zero-order chi connectivity index (χ0) is 31.6. The number of methoxy groups -OCH3 is 1. The van der Waals surface area contributed by atoms with Gasteiger partial charge in [0.15, 0.2) is 22.9 Å². The molecular weight excluding hydrogens is 566 g/mol. The molecule has 3 aromatic rings. The molecule has 230 valence electrons. The summed E-state index contributed by atoms with van der Waals surface area (Å²) in [5.41, 5.74) is 0.269. The molecule has 14 heteroatoms. The van der Waals surface area contributed by atoms with Gasteiger partial charge in [0.05, 0.1) is 26.1 Å². The minimum Gasteiger partial charge on any atom is -0.497 e. The van der Waals surface area contributed by atoms with Gasteiger partial charge in [-0.15, -0.1) is 0 Å². The molecule has 0 radical (unpaired) electrons. The van der Waals surface area contributed by atoms with E-state index in [0.29, 0.717) is 25.5 Å². The van der Waals surface area contributed by atoms with Crippen molar-refractivity contribution >= 4 is 17.9 Å². The first-order valence-corrected chi connectivity index (χ1v) is 13.0. The maximum atomic E-state index is 10.3. The molecule has 2 aromatic carbocycles. The average Bonchev–Trinajstić information content (AvgIpc) is 3.41. The van der Waals surface area contributed by atoms with Crippen molar-refractivity contribution in [2.45, 2.75) is 44.6 Å². The van der Waals surface area contributed by atoms with Crippen LogP contribution in [0.4, 0.5) is 0 Å². The fourth-order valence-corrected chi connectivity index (χ4v) is 4.15. The lowest BCUT2D eigenvalue weighted by Crippen LogP contribution is -2.42. The van der Waals surface area contributed by atoms with Crippen molar-refractivity contribution in [3.05, 3.63) is 66.0 Å². The van der Waals surface area contributed by atoms with Crippen LogP contribution in [0.15, 0.2) is 54.9 Å². The summed E-state index contributed by atoms with van der Waals surface area (Å²) in [6.45, 7) is 3.88. The largest absolute Gasteiger partial charge is 0.497 e. The summed E-state index contributed by atoms with van der Waals surface area (Å²) in [6, 6.07) is 13.6. The molecule has 1 unspecified atom stereocenters. The predicted molar refractivity (Wildman–Crippen MR) is 149 cm³/mol. The molecular formula is C29H33N3O11. The van der Waals surface area contributed by atoms with Gasteiger partial charge in [-0.3, -0.25) is 14.5 Å². The Morgan fingerprint density at radius 2 is 1.51 bits per heavy atom. The van der Waals surface area contributed by atoms with Gasteiger partial charge in [0, 0.05) is 43.2 Å². The fraction of sp³-hybridized carbons (Fsp3) is 0.345. The van der Waals surface area contributed by atoms with E-state index in [-0.39, 0.29) is 6.79 Å². The molecule has 43 heavy (non-hydrogen) atoms. The Hall–Kier alpha value is -4.79. The summed E-state index contributed by atoms with van der Waals surface area (Å²) in [4.78, 5) is 41.7. The molecule has 1 atom stereocenters. The number of carboxylic acids is 3. The van der Waals surface area contributed by atoms with E-state index >= 15 is 0 Å². The zero-order valence-corrected chi connectivity index (χ0v) is 23.5. The molecule has 1 aromatic heterocycles. The molecule has 0 aliphatic carbocycles. The third-order valence-electron chi connectivity index (χ3n) is 6.11. The number of carbonyl (C=O) groups is 3. The monoisotopic (exact) mass is 599 g/mol. The average molecular weight is 600 g/mol. The number of aliphatic hydroxyl groups excluding tert-OH is 1. The van der Waals surface area contributed by atoms with Crippen LogP contribution in [0.2, 0.25) is 0 Å². The van der Waals surface area contributed by atoms with Gasteiger partial charge < -0.3 is 39.7 Å². The quantitative estimate of drug-likeness (QED) is 0.190. The van der Waals surface area contributed by atoms with Gasteiger partial charge in [-0.25, -0.2) is 14.8 Å². The van der Waals surface area contributed by atoms with E-state index in [1.807, 2.05) is 54.9 Å². The van der Waals surface area contributed by atoms with Gasteiger partial charge in [0.1, 0.15) is 5.75 Å². The number of aromatic nitrogens is 2. The van der Waals surface area contributed by atoms with Crippen LogP contribution in [-0.2, 0) is 27.5 Å². The lowest BCUT2D eigenvalue weighted by atomic mass is 9.96. The van der Waals surface area contributed by atoms with Gasteiger partial charge >= 0.3 is 17.9 Å². The van der Waals surface area contributed by atoms with Crippen LogP contribution in [0, 0.1) is 0 Å². The Balaban J connectivity index is 0.000000331. The van der Waals surface area contributed by atoms with Gasteiger partial charge in [0.25, 0.3) is 0 Å². The molecule has 0 saturated heterocycles. The number of aliphatic hydroxyl groups is 2. The standard InChI is InChI=1S/C23H25N3O4.C6H8O7/c1-16(27)12-26(13-17-3-8-21-22(9-17)30-15-29-21)14-18-10-24-23(25-11-18)19-4-6-20(28-2)7-5-19;7-3(8)1-6(13,5(11)12)2-4(9)10/h3-11,16,27H,12-15H2,1-2H3;13H,1-2H2,(H,7,8)(H,9,10)(H,11,12). The van der Waals surface area contributed by atoms with E-state index in [9.17, 15) is 19.5 Å². The number of aliphatic carboxylic acids is 3. The zero-order valence-electron chi connectivity index (χ0n) is 23.5. The second-order valence-electron chi connectivity index (χ2n) is 9.83. The van der Waals surface area contributed by atoms with E-state index < -0.39 is 42.5 Å². The molecule has 2 heterocycles. The number of nitrogens with zero attached hydrogens (tertiary/aromatic N) is 3. The molecule has 0 fully saturated rings. The summed E-state index contributed by atoms with van der Waals surface area (Å²) in [7, 11) is 1.64. The van der Waals surface area contributed by atoms with Crippen molar-refractivity contribution in [1.29, 1.82) is 0 Å². The first kappa shape index (κ1) is 32.7. The number of benzene rings is 2. The maximum absolute atomic E-state index is 10.3. The van der Waals surface area contributed by atoms with Crippen LogP contribution < -0.4 is 14.2 Å². The van der Waals surface area contributed by atoms with E-state index in [1.165, 1.54) is 0 Å². The lowest BCUT2D eigenvalue weighted by molar-refractivity contribution is -0.170. The second kappa shape index (κ2) is 14.9. The first-order valence-electron chi connectivity index (χ1n) is 13.0. The molecule has 0 spiro atoms. The van der Waals surface area contributed by atoms with Crippen molar-refractivity contribution < 1.29 is 54.1 Å². The maximum Gasteiger partial charge on any atom is 0.336 e. The predicted octanol–water partition coefficient (Wildman–Crippen LogP) is 2.02. The van der Waals surface area contributed by atoms with Crippen molar-refractivity contribution in [3.63, 3.8) is 0 Å². The minimum absolute atomic E-state index is 0.258. The third kappa shape index (κ3) is 9.92. The SMILES string of the molecule is COc1ccc(-c2ncc(CN(Cc3ccc4c(c3)OCO4)CC(C)O)cn2)cc1.O=C(O)CC(O)(CC(=O)O)C(=O)O. The summed E-state index contributed by atoms with van der Waals surface area (Å²) < 4.78 is 16.0. The topological polar surface area (TPSA) is 209 Å². The summed E-state index contributed by atoms with van der Waals surface area (Å²) >= 11 is 0. The lowest BCUT2D eigenvalue weighted by Gasteiger charge is -2.24. The van der Waals surface area contributed by atoms with E-state index in [0.717, 1.165) is 33.9 Å². The second-order valence-corrected chi connectivity index (χ2v) is 9.83. The highest BCUT2D eigenvalue weighted by Gasteiger charge is 2.40.